The van der Waals surface area contributed by atoms with Gasteiger partial charge in [0.25, 0.3) is 0 Å². The average molecular weight is 357 g/mol. The van der Waals surface area contributed by atoms with Crippen molar-refractivity contribution in [2.75, 3.05) is 11.9 Å². The minimum Gasteiger partial charge on any atom is -0.325 e. The first-order valence-electron chi connectivity index (χ1n) is 6.78. The first kappa shape index (κ1) is 17.5. The Morgan fingerprint density at radius 3 is 2.57 bits per heavy atom. The Balaban J connectivity index is 2.04. The Labute approximate surface area is 139 Å². The quantitative estimate of drug-likeness (QED) is 0.761. The van der Waals surface area contributed by atoms with Crippen LogP contribution in [-0.2, 0) is 14.8 Å². The van der Waals surface area contributed by atoms with Gasteiger partial charge in [-0.15, -0.1) is 0 Å². The SMILES string of the molecule is Cc1cc(Cl)ccc1NC(=O)CNS(=O)(=O)c1c(C)n[nH]c1C. The van der Waals surface area contributed by atoms with Gasteiger partial charge in [0.15, 0.2) is 0 Å². The minimum atomic E-state index is -3.81. The highest BCUT2D eigenvalue weighted by Gasteiger charge is 2.22. The lowest BCUT2D eigenvalue weighted by molar-refractivity contribution is -0.115. The molecule has 1 aromatic heterocycles. The Morgan fingerprint density at radius 1 is 1.30 bits per heavy atom. The fourth-order valence-corrected chi connectivity index (χ4v) is 3.71. The normalized spacial score (nSPS) is 11.5. The average Bonchev–Trinajstić information content (AvgIpc) is 2.80. The number of aromatic amines is 1. The Bertz CT molecular complexity index is 826. The van der Waals surface area contributed by atoms with Crippen molar-refractivity contribution < 1.29 is 13.2 Å². The van der Waals surface area contributed by atoms with Gasteiger partial charge in [0.1, 0.15) is 4.90 Å². The maximum Gasteiger partial charge on any atom is 0.244 e. The highest BCUT2D eigenvalue weighted by Crippen LogP contribution is 2.19. The van der Waals surface area contributed by atoms with Gasteiger partial charge < -0.3 is 5.32 Å². The fourth-order valence-electron chi connectivity index (χ4n) is 2.13. The number of aryl methyl sites for hydroxylation is 3. The number of sulfonamides is 1. The number of hydrogen-bond donors (Lipinski definition) is 3. The van der Waals surface area contributed by atoms with Crippen molar-refractivity contribution in [3.8, 4) is 0 Å². The highest BCUT2D eigenvalue weighted by molar-refractivity contribution is 7.89. The summed E-state index contributed by atoms with van der Waals surface area (Å²) in [5, 5.41) is 9.64. The molecule has 7 nitrogen and oxygen atoms in total. The van der Waals surface area contributed by atoms with E-state index in [1.54, 1.807) is 39.0 Å². The van der Waals surface area contributed by atoms with E-state index in [2.05, 4.69) is 20.2 Å². The van der Waals surface area contributed by atoms with Gasteiger partial charge in [0.05, 0.1) is 17.9 Å². The topological polar surface area (TPSA) is 104 Å². The van der Waals surface area contributed by atoms with Crippen LogP contribution in [0.25, 0.3) is 0 Å². The smallest absolute Gasteiger partial charge is 0.244 e. The molecule has 2 aromatic rings. The number of H-pyrrole nitrogens is 1. The lowest BCUT2D eigenvalue weighted by atomic mass is 10.2. The van der Waals surface area contributed by atoms with Gasteiger partial charge in [-0.1, -0.05) is 11.6 Å². The largest absolute Gasteiger partial charge is 0.325 e. The molecule has 0 saturated carbocycles. The summed E-state index contributed by atoms with van der Waals surface area (Å²) >= 11 is 5.85. The van der Waals surface area contributed by atoms with Crippen LogP contribution in [0.2, 0.25) is 5.02 Å². The Morgan fingerprint density at radius 2 is 2.00 bits per heavy atom. The van der Waals surface area contributed by atoms with E-state index in [0.717, 1.165) is 5.56 Å². The summed E-state index contributed by atoms with van der Waals surface area (Å²) in [5.74, 6) is -0.474. The molecule has 0 unspecified atom stereocenters. The fraction of sp³-hybridized carbons (Fsp3) is 0.286. The molecule has 0 saturated heterocycles. The molecular formula is C14H17ClN4O3S. The molecule has 0 aliphatic rings. The van der Waals surface area contributed by atoms with Gasteiger partial charge in [-0.25, -0.2) is 13.1 Å². The van der Waals surface area contributed by atoms with Crippen LogP contribution >= 0.6 is 11.6 Å². The molecule has 3 N–H and O–H groups in total. The third-order valence-electron chi connectivity index (χ3n) is 3.21. The van der Waals surface area contributed by atoms with Crippen molar-refractivity contribution >= 4 is 33.2 Å². The molecule has 0 aliphatic heterocycles. The third-order valence-corrected chi connectivity index (χ3v) is 5.11. The molecule has 0 spiro atoms. The number of nitrogens with zero attached hydrogens (tertiary/aromatic N) is 1. The van der Waals surface area contributed by atoms with Crippen molar-refractivity contribution in [1.82, 2.24) is 14.9 Å². The molecule has 0 fully saturated rings. The molecule has 9 heteroatoms. The molecule has 0 radical (unpaired) electrons. The molecular weight excluding hydrogens is 340 g/mol. The van der Waals surface area contributed by atoms with E-state index >= 15 is 0 Å². The third kappa shape index (κ3) is 4.10. The lowest BCUT2D eigenvalue weighted by Crippen LogP contribution is -2.33. The molecule has 1 aromatic carbocycles. The van der Waals surface area contributed by atoms with Gasteiger partial charge >= 0.3 is 0 Å². The molecule has 2 rings (SSSR count). The molecule has 1 heterocycles. The molecule has 124 valence electrons. The monoisotopic (exact) mass is 356 g/mol. The molecule has 0 aliphatic carbocycles. The van der Waals surface area contributed by atoms with Crippen LogP contribution in [0.4, 0.5) is 5.69 Å². The number of carbonyl (C=O) groups is 1. The van der Waals surface area contributed by atoms with Crippen LogP contribution < -0.4 is 10.0 Å². The summed E-state index contributed by atoms with van der Waals surface area (Å²) in [6, 6.07) is 5.01. The number of carbonyl (C=O) groups excluding carboxylic acids is 1. The zero-order chi connectivity index (χ0) is 17.2. The molecule has 0 bridgehead atoms. The second-order valence-corrected chi connectivity index (χ2v) is 7.24. The van der Waals surface area contributed by atoms with E-state index in [1.165, 1.54) is 0 Å². The van der Waals surface area contributed by atoms with Crippen LogP contribution in [-0.4, -0.2) is 31.1 Å². The van der Waals surface area contributed by atoms with Gasteiger partial charge in [-0.2, -0.15) is 5.10 Å². The number of hydrogen-bond acceptors (Lipinski definition) is 4. The number of halogens is 1. The molecule has 1 amide bonds. The second-order valence-electron chi connectivity index (χ2n) is 5.10. The number of amides is 1. The molecule has 23 heavy (non-hydrogen) atoms. The Hall–Kier alpha value is -1.90. The minimum absolute atomic E-state index is 0.0629. The number of aromatic nitrogens is 2. The highest BCUT2D eigenvalue weighted by atomic mass is 35.5. The van der Waals surface area contributed by atoms with E-state index in [1.807, 2.05) is 0 Å². The van der Waals surface area contributed by atoms with Crippen molar-refractivity contribution in [2.24, 2.45) is 0 Å². The molecule has 0 atom stereocenters. The number of rotatable bonds is 5. The van der Waals surface area contributed by atoms with Gasteiger partial charge in [0.2, 0.25) is 15.9 Å². The second kappa shape index (κ2) is 6.69. The Kier molecular flexibility index (Phi) is 5.08. The van der Waals surface area contributed by atoms with Gasteiger partial charge in [-0.05, 0) is 44.5 Å². The van der Waals surface area contributed by atoms with Crippen LogP contribution in [0.1, 0.15) is 17.0 Å². The van der Waals surface area contributed by atoms with Crippen molar-refractivity contribution in [3.63, 3.8) is 0 Å². The maximum absolute atomic E-state index is 12.2. The van der Waals surface area contributed by atoms with Crippen LogP contribution in [0.15, 0.2) is 23.1 Å². The van der Waals surface area contributed by atoms with E-state index in [9.17, 15) is 13.2 Å². The van der Waals surface area contributed by atoms with Crippen LogP contribution in [0.5, 0.6) is 0 Å². The summed E-state index contributed by atoms with van der Waals surface area (Å²) in [5.41, 5.74) is 2.14. The zero-order valence-electron chi connectivity index (χ0n) is 12.9. The summed E-state index contributed by atoms with van der Waals surface area (Å²) in [4.78, 5) is 12.0. The predicted octanol–water partition coefficient (Wildman–Crippen LogP) is 1.91. The maximum atomic E-state index is 12.2. The van der Waals surface area contributed by atoms with Gasteiger partial charge in [-0.3, -0.25) is 9.89 Å². The first-order valence-corrected chi connectivity index (χ1v) is 8.64. The van der Waals surface area contributed by atoms with Crippen molar-refractivity contribution in [2.45, 2.75) is 25.7 Å². The van der Waals surface area contributed by atoms with E-state index in [4.69, 9.17) is 11.6 Å². The van der Waals surface area contributed by atoms with E-state index < -0.39 is 15.9 Å². The standard InChI is InChI=1S/C14H17ClN4O3S/c1-8-6-11(15)4-5-12(8)17-13(20)7-16-23(21,22)14-9(2)18-19-10(14)3/h4-6,16H,7H2,1-3H3,(H,17,20)(H,18,19). The van der Waals surface area contributed by atoms with E-state index in [-0.39, 0.29) is 11.4 Å². The lowest BCUT2D eigenvalue weighted by Gasteiger charge is -2.10. The van der Waals surface area contributed by atoms with Crippen LogP contribution in [0, 0.1) is 20.8 Å². The number of nitrogens with one attached hydrogen (secondary N) is 3. The summed E-state index contributed by atoms with van der Waals surface area (Å²) in [6.45, 7) is 4.60. The predicted molar refractivity (Wildman–Crippen MR) is 88.1 cm³/mol. The van der Waals surface area contributed by atoms with Crippen LogP contribution in [0.3, 0.4) is 0 Å². The van der Waals surface area contributed by atoms with Crippen molar-refractivity contribution in [3.05, 3.63) is 40.2 Å². The zero-order valence-corrected chi connectivity index (χ0v) is 14.5. The van der Waals surface area contributed by atoms with Gasteiger partial charge in [0, 0.05) is 10.7 Å². The first-order chi connectivity index (χ1) is 10.7. The van der Waals surface area contributed by atoms with Crippen molar-refractivity contribution in [1.29, 1.82) is 0 Å². The number of benzene rings is 1. The summed E-state index contributed by atoms with van der Waals surface area (Å²) in [6.07, 6.45) is 0. The summed E-state index contributed by atoms with van der Waals surface area (Å²) < 4.78 is 26.7. The summed E-state index contributed by atoms with van der Waals surface area (Å²) in [7, 11) is -3.81. The van der Waals surface area contributed by atoms with E-state index in [0.29, 0.717) is 22.1 Å². The number of anilines is 1.